The summed E-state index contributed by atoms with van der Waals surface area (Å²) in [6.07, 6.45) is 0. The van der Waals surface area contributed by atoms with E-state index in [1.807, 2.05) is 24.3 Å². The van der Waals surface area contributed by atoms with Crippen LogP contribution in [-0.2, 0) is 25.3 Å². The molecular formula is C8H6N2Na2S4. The largest absolute Gasteiger partial charge is 1.00 e. The smallest absolute Gasteiger partial charge is 0.411 e. The normalized spacial score (nSPS) is 8.00. The van der Waals surface area contributed by atoms with Gasteiger partial charge in [-0.1, -0.05) is 8.64 Å². The minimum Gasteiger partial charge on any atom is -0.411 e. The molecule has 0 aromatic heterocycles. The Bertz CT molecular complexity index is 321. The second-order valence-corrected chi connectivity index (χ2v) is 4.55. The first-order valence-corrected chi connectivity index (χ1v) is 5.27. The van der Waals surface area contributed by atoms with E-state index in [2.05, 4.69) is 10.6 Å². The molecule has 0 radical (unpaired) electrons. The Hall–Kier alpha value is 1.44. The molecule has 0 atom stereocenters. The zero-order chi connectivity index (χ0) is 10.6. The van der Waals surface area contributed by atoms with Crippen LogP contribution in [0.4, 0.5) is 11.4 Å². The Morgan fingerprint density at radius 3 is 1.25 bits per heavy atom. The van der Waals surface area contributed by atoms with Gasteiger partial charge in [-0.15, -0.1) is 0 Å². The van der Waals surface area contributed by atoms with Gasteiger partial charge < -0.3 is 60.3 Å². The molecule has 0 unspecified atom stereocenters. The van der Waals surface area contributed by atoms with E-state index in [1.54, 1.807) is 0 Å². The van der Waals surface area contributed by atoms with E-state index in [4.69, 9.17) is 49.7 Å². The van der Waals surface area contributed by atoms with Crippen molar-refractivity contribution in [3.8, 4) is 0 Å². The van der Waals surface area contributed by atoms with Crippen molar-refractivity contribution < 1.29 is 59.1 Å². The first-order valence-electron chi connectivity index (χ1n) is 3.64. The molecule has 1 rings (SSSR count). The summed E-state index contributed by atoms with van der Waals surface area (Å²) in [5.74, 6) is 0. The number of hydrogen-bond donors (Lipinski definition) is 2. The van der Waals surface area contributed by atoms with Crippen LogP contribution >= 0.6 is 24.4 Å². The monoisotopic (exact) mass is 304 g/mol. The van der Waals surface area contributed by atoms with Crippen LogP contribution in [0.25, 0.3) is 0 Å². The number of hydrogen-bond acceptors (Lipinski definition) is 4. The third-order valence-corrected chi connectivity index (χ3v) is 1.79. The molecule has 1 aromatic rings. The zero-order valence-electron chi connectivity index (χ0n) is 8.94. The molecule has 74 valence electrons. The first-order chi connectivity index (χ1) is 6.58. The average Bonchev–Trinajstić information content (AvgIpc) is 2.06. The Morgan fingerprint density at radius 2 is 1.06 bits per heavy atom. The summed E-state index contributed by atoms with van der Waals surface area (Å²) in [6, 6.07) is 7.37. The van der Waals surface area contributed by atoms with Crippen molar-refractivity contribution in [1.82, 2.24) is 0 Å². The van der Waals surface area contributed by atoms with Crippen LogP contribution in [0.15, 0.2) is 24.3 Å². The van der Waals surface area contributed by atoms with Crippen LogP contribution in [0.3, 0.4) is 0 Å². The summed E-state index contributed by atoms with van der Waals surface area (Å²) >= 11 is 18.9. The van der Waals surface area contributed by atoms with Gasteiger partial charge in [0, 0.05) is 11.4 Å². The molecule has 0 aliphatic rings. The molecule has 0 saturated carbocycles. The van der Waals surface area contributed by atoms with E-state index < -0.39 is 0 Å². The second-order valence-electron chi connectivity index (χ2n) is 2.40. The fraction of sp³-hybridized carbons (Fsp3) is 0. The average molecular weight is 304 g/mol. The van der Waals surface area contributed by atoms with Crippen LogP contribution in [0.2, 0.25) is 0 Å². The molecular weight excluding hydrogens is 298 g/mol. The van der Waals surface area contributed by atoms with Crippen LogP contribution in [0.5, 0.6) is 0 Å². The van der Waals surface area contributed by atoms with Crippen molar-refractivity contribution in [2.24, 2.45) is 0 Å². The minimum absolute atomic E-state index is 0. The molecule has 0 bridgehead atoms. The standard InChI is InChI=1S/C8H8N2S4.2Na/c11-7(12)9-5-1-2-6(4-3-5)10-8(13)14;;/h1-4H,(H2,9,11,12)(H2,10,13,14);;/q;2*+1/p-2. The van der Waals surface area contributed by atoms with Crippen molar-refractivity contribution in [1.29, 1.82) is 0 Å². The molecule has 0 spiro atoms. The predicted molar refractivity (Wildman–Crippen MR) is 73.6 cm³/mol. The van der Waals surface area contributed by atoms with Crippen LogP contribution in [-0.4, -0.2) is 8.64 Å². The van der Waals surface area contributed by atoms with Gasteiger partial charge in [-0.05, 0) is 24.3 Å². The maximum Gasteiger partial charge on any atom is 1.00 e. The maximum absolute atomic E-state index is 4.73. The summed E-state index contributed by atoms with van der Waals surface area (Å²) in [6.45, 7) is 0. The molecule has 0 aliphatic heterocycles. The fourth-order valence-electron chi connectivity index (χ4n) is 0.873. The molecule has 0 aliphatic carbocycles. The Morgan fingerprint density at radius 1 is 0.812 bits per heavy atom. The quantitative estimate of drug-likeness (QED) is 0.330. The number of benzene rings is 1. The maximum atomic E-state index is 4.73. The van der Waals surface area contributed by atoms with Crippen molar-refractivity contribution in [2.45, 2.75) is 0 Å². The number of rotatable bonds is 2. The molecule has 2 nitrogen and oxygen atoms in total. The van der Waals surface area contributed by atoms with E-state index in [0.29, 0.717) is 8.64 Å². The van der Waals surface area contributed by atoms with E-state index in [1.165, 1.54) is 0 Å². The third kappa shape index (κ3) is 8.52. The summed E-state index contributed by atoms with van der Waals surface area (Å²) in [5.41, 5.74) is 1.71. The predicted octanol–water partition coefficient (Wildman–Crippen LogP) is -3.82. The third-order valence-electron chi connectivity index (χ3n) is 1.38. The molecule has 0 heterocycles. The minimum atomic E-state index is 0. The van der Waals surface area contributed by atoms with E-state index in [-0.39, 0.29) is 59.1 Å². The van der Waals surface area contributed by atoms with Gasteiger partial charge in [-0.3, -0.25) is 0 Å². The first kappa shape index (κ1) is 19.8. The molecule has 16 heavy (non-hydrogen) atoms. The summed E-state index contributed by atoms with van der Waals surface area (Å²) < 4.78 is 0.647. The molecule has 8 heteroatoms. The fourth-order valence-corrected chi connectivity index (χ4v) is 1.34. The molecule has 1 aromatic carbocycles. The number of nitrogens with one attached hydrogen (secondary N) is 2. The van der Waals surface area contributed by atoms with Gasteiger partial charge in [-0.25, -0.2) is 0 Å². The summed E-state index contributed by atoms with van der Waals surface area (Å²) in [4.78, 5) is 0. The van der Waals surface area contributed by atoms with Crippen LogP contribution in [0.1, 0.15) is 0 Å². The SMILES string of the molecule is S=C([S-])Nc1ccc(NC(=S)[S-])cc1.[Na+].[Na+]. The number of anilines is 2. The molecule has 0 amide bonds. The topological polar surface area (TPSA) is 24.1 Å². The van der Waals surface area contributed by atoms with Gasteiger partial charge in [0.2, 0.25) is 0 Å². The van der Waals surface area contributed by atoms with Gasteiger partial charge in [0.15, 0.2) is 0 Å². The van der Waals surface area contributed by atoms with Gasteiger partial charge in [0.1, 0.15) is 0 Å². The second kappa shape index (κ2) is 10.4. The van der Waals surface area contributed by atoms with Crippen molar-refractivity contribution in [2.75, 3.05) is 10.6 Å². The number of thiocarbonyl (C=S) groups is 2. The summed E-state index contributed by atoms with van der Waals surface area (Å²) in [5, 5.41) is 5.69. The van der Waals surface area contributed by atoms with Crippen LogP contribution < -0.4 is 69.7 Å². The van der Waals surface area contributed by atoms with E-state index >= 15 is 0 Å². The van der Waals surface area contributed by atoms with Crippen molar-refractivity contribution in [3.05, 3.63) is 24.3 Å². The molecule has 0 saturated heterocycles. The molecule has 2 N–H and O–H groups in total. The van der Waals surface area contributed by atoms with Gasteiger partial charge in [0.25, 0.3) is 0 Å². The molecule has 0 fully saturated rings. The summed E-state index contributed by atoms with van der Waals surface area (Å²) in [7, 11) is 0. The van der Waals surface area contributed by atoms with E-state index in [0.717, 1.165) is 11.4 Å². The van der Waals surface area contributed by atoms with Gasteiger partial charge in [0.05, 0.1) is 0 Å². The van der Waals surface area contributed by atoms with Crippen molar-refractivity contribution >= 4 is 69.7 Å². The van der Waals surface area contributed by atoms with E-state index in [9.17, 15) is 0 Å². The van der Waals surface area contributed by atoms with Gasteiger partial charge >= 0.3 is 59.1 Å². The Balaban J connectivity index is 0. The Kier molecular flexibility index (Phi) is 12.8. The van der Waals surface area contributed by atoms with Gasteiger partial charge in [-0.2, -0.15) is 0 Å². The van der Waals surface area contributed by atoms with Crippen molar-refractivity contribution in [3.63, 3.8) is 0 Å². The Labute approximate surface area is 161 Å². The van der Waals surface area contributed by atoms with Crippen LogP contribution in [0, 0.1) is 0 Å². The zero-order valence-corrected chi connectivity index (χ0v) is 16.2.